The van der Waals surface area contributed by atoms with Crippen molar-refractivity contribution in [1.82, 2.24) is 0 Å². The second-order valence-electron chi connectivity index (χ2n) is 3.28. The van der Waals surface area contributed by atoms with Gasteiger partial charge in [-0.25, -0.2) is 0 Å². The summed E-state index contributed by atoms with van der Waals surface area (Å²) >= 11 is 0. The summed E-state index contributed by atoms with van der Waals surface area (Å²) in [6, 6.07) is 8.97. The van der Waals surface area contributed by atoms with Crippen LogP contribution in [0.2, 0.25) is 0 Å². The topological polar surface area (TPSA) is 63.3 Å². The minimum absolute atomic E-state index is 0.0913. The van der Waals surface area contributed by atoms with Crippen molar-refractivity contribution >= 4 is 5.78 Å². The lowest BCUT2D eigenvalue weighted by Crippen LogP contribution is -2.03. The lowest BCUT2D eigenvalue weighted by Gasteiger charge is -1.99. The van der Waals surface area contributed by atoms with E-state index in [4.69, 9.17) is 10.8 Å². The predicted molar refractivity (Wildman–Crippen MR) is 59.4 cm³/mol. The van der Waals surface area contributed by atoms with Crippen LogP contribution in [-0.4, -0.2) is 17.5 Å². The second kappa shape index (κ2) is 5.98. The van der Waals surface area contributed by atoms with Gasteiger partial charge in [-0.2, -0.15) is 0 Å². The Morgan fingerprint density at radius 2 is 2.00 bits per heavy atom. The van der Waals surface area contributed by atoms with Crippen LogP contribution in [0.15, 0.2) is 42.1 Å². The SMILES string of the molecule is N/C(=C\C(=O)c1ccccc1)CCCO. The Morgan fingerprint density at radius 1 is 1.33 bits per heavy atom. The summed E-state index contributed by atoms with van der Waals surface area (Å²) < 4.78 is 0. The maximum Gasteiger partial charge on any atom is 0.187 e. The van der Waals surface area contributed by atoms with Gasteiger partial charge in [-0.15, -0.1) is 0 Å². The van der Waals surface area contributed by atoms with E-state index in [-0.39, 0.29) is 12.4 Å². The fourth-order valence-corrected chi connectivity index (χ4v) is 1.21. The van der Waals surface area contributed by atoms with Crippen LogP contribution in [0.5, 0.6) is 0 Å². The number of aliphatic hydroxyl groups excluding tert-OH is 1. The van der Waals surface area contributed by atoms with Crippen LogP contribution < -0.4 is 5.73 Å². The van der Waals surface area contributed by atoms with E-state index in [1.165, 1.54) is 6.08 Å². The highest BCUT2D eigenvalue weighted by atomic mass is 16.2. The Morgan fingerprint density at radius 3 is 2.60 bits per heavy atom. The molecular weight excluding hydrogens is 190 g/mol. The average molecular weight is 205 g/mol. The summed E-state index contributed by atoms with van der Waals surface area (Å²) in [7, 11) is 0. The van der Waals surface area contributed by atoms with Gasteiger partial charge in [0.05, 0.1) is 0 Å². The molecule has 80 valence electrons. The van der Waals surface area contributed by atoms with Gasteiger partial charge in [0.15, 0.2) is 5.78 Å². The second-order valence-corrected chi connectivity index (χ2v) is 3.28. The van der Waals surface area contributed by atoms with Gasteiger partial charge < -0.3 is 10.8 Å². The van der Waals surface area contributed by atoms with Crippen molar-refractivity contribution in [1.29, 1.82) is 0 Å². The highest BCUT2D eigenvalue weighted by Crippen LogP contribution is 2.04. The number of nitrogens with two attached hydrogens (primary N) is 1. The van der Waals surface area contributed by atoms with Gasteiger partial charge in [0.2, 0.25) is 0 Å². The molecule has 0 radical (unpaired) electrons. The van der Waals surface area contributed by atoms with Gasteiger partial charge in [0, 0.05) is 23.9 Å². The first-order chi connectivity index (χ1) is 7.24. The van der Waals surface area contributed by atoms with Crippen molar-refractivity contribution in [3.05, 3.63) is 47.7 Å². The molecule has 1 aromatic rings. The first kappa shape index (κ1) is 11.5. The van der Waals surface area contributed by atoms with Gasteiger partial charge in [-0.1, -0.05) is 30.3 Å². The average Bonchev–Trinajstić information content (AvgIpc) is 2.27. The number of carbonyl (C=O) groups is 1. The van der Waals surface area contributed by atoms with Gasteiger partial charge >= 0.3 is 0 Å². The summed E-state index contributed by atoms with van der Waals surface area (Å²) in [5.74, 6) is -0.0916. The first-order valence-electron chi connectivity index (χ1n) is 4.90. The Balaban J connectivity index is 2.62. The molecule has 0 aliphatic heterocycles. The molecule has 0 unspecified atom stereocenters. The molecular formula is C12H15NO2. The Labute approximate surface area is 89.2 Å². The number of hydrogen-bond acceptors (Lipinski definition) is 3. The van der Waals surface area contributed by atoms with Crippen LogP contribution in [-0.2, 0) is 0 Å². The molecule has 0 fully saturated rings. The maximum absolute atomic E-state index is 11.6. The number of allylic oxidation sites excluding steroid dienone is 2. The zero-order valence-electron chi connectivity index (χ0n) is 8.52. The van der Waals surface area contributed by atoms with E-state index < -0.39 is 0 Å². The van der Waals surface area contributed by atoms with Crippen molar-refractivity contribution in [2.75, 3.05) is 6.61 Å². The summed E-state index contributed by atoms with van der Waals surface area (Å²) in [4.78, 5) is 11.6. The zero-order valence-corrected chi connectivity index (χ0v) is 8.52. The van der Waals surface area contributed by atoms with Crippen molar-refractivity contribution in [3.8, 4) is 0 Å². The lowest BCUT2D eigenvalue weighted by atomic mass is 10.1. The molecule has 0 aliphatic carbocycles. The summed E-state index contributed by atoms with van der Waals surface area (Å²) in [5.41, 5.74) is 6.77. The molecule has 3 N–H and O–H groups in total. The van der Waals surface area contributed by atoms with E-state index in [9.17, 15) is 4.79 Å². The predicted octanol–water partition coefficient (Wildman–Crippen LogP) is 1.48. The summed E-state index contributed by atoms with van der Waals surface area (Å²) in [6.07, 6.45) is 2.56. The van der Waals surface area contributed by atoms with Crippen LogP contribution in [0.25, 0.3) is 0 Å². The zero-order chi connectivity index (χ0) is 11.1. The van der Waals surface area contributed by atoms with E-state index in [0.717, 1.165) is 0 Å². The molecule has 0 bridgehead atoms. The third-order valence-electron chi connectivity index (χ3n) is 2.00. The third-order valence-corrected chi connectivity index (χ3v) is 2.00. The number of aliphatic hydroxyl groups is 1. The Bertz CT molecular complexity index is 344. The molecule has 0 amide bonds. The van der Waals surface area contributed by atoms with E-state index >= 15 is 0 Å². The van der Waals surface area contributed by atoms with Gasteiger partial charge in [0.1, 0.15) is 0 Å². The fourth-order valence-electron chi connectivity index (χ4n) is 1.21. The molecule has 0 saturated carbocycles. The van der Waals surface area contributed by atoms with Crippen LogP contribution in [0, 0.1) is 0 Å². The maximum atomic E-state index is 11.6. The molecule has 0 aromatic heterocycles. The van der Waals surface area contributed by atoms with Crippen molar-refractivity contribution < 1.29 is 9.90 Å². The Kier molecular flexibility index (Phi) is 4.57. The van der Waals surface area contributed by atoms with E-state index in [2.05, 4.69) is 0 Å². The number of carbonyl (C=O) groups excluding carboxylic acids is 1. The van der Waals surface area contributed by atoms with Crippen molar-refractivity contribution in [2.45, 2.75) is 12.8 Å². The third kappa shape index (κ3) is 3.95. The fraction of sp³-hybridized carbons (Fsp3) is 0.250. The number of benzene rings is 1. The molecule has 0 saturated heterocycles. The standard InChI is InChI=1S/C12H15NO2/c13-11(7-4-8-14)9-12(15)10-5-2-1-3-6-10/h1-3,5-6,9,14H,4,7-8,13H2/b11-9-. The minimum atomic E-state index is -0.0916. The van der Waals surface area contributed by atoms with Crippen molar-refractivity contribution in [3.63, 3.8) is 0 Å². The van der Waals surface area contributed by atoms with Gasteiger partial charge in [-0.05, 0) is 12.8 Å². The largest absolute Gasteiger partial charge is 0.402 e. The molecule has 1 aromatic carbocycles. The Hall–Kier alpha value is -1.61. The molecule has 3 nitrogen and oxygen atoms in total. The molecule has 15 heavy (non-hydrogen) atoms. The summed E-state index contributed by atoms with van der Waals surface area (Å²) in [5, 5.41) is 8.60. The molecule has 3 heteroatoms. The van der Waals surface area contributed by atoms with Gasteiger partial charge in [-0.3, -0.25) is 4.79 Å². The van der Waals surface area contributed by atoms with Crippen LogP contribution in [0.4, 0.5) is 0 Å². The quantitative estimate of drug-likeness (QED) is 0.565. The number of ketones is 1. The molecule has 0 atom stereocenters. The monoisotopic (exact) mass is 205 g/mol. The first-order valence-corrected chi connectivity index (χ1v) is 4.90. The van der Waals surface area contributed by atoms with E-state index in [1.807, 2.05) is 18.2 Å². The van der Waals surface area contributed by atoms with Gasteiger partial charge in [0.25, 0.3) is 0 Å². The van der Waals surface area contributed by atoms with Crippen LogP contribution >= 0.6 is 0 Å². The van der Waals surface area contributed by atoms with Crippen LogP contribution in [0.3, 0.4) is 0 Å². The molecule has 1 rings (SSSR count). The normalized spacial score (nSPS) is 11.4. The lowest BCUT2D eigenvalue weighted by molar-refractivity contribution is 0.104. The van der Waals surface area contributed by atoms with E-state index in [0.29, 0.717) is 24.1 Å². The van der Waals surface area contributed by atoms with Crippen molar-refractivity contribution in [2.24, 2.45) is 5.73 Å². The highest BCUT2D eigenvalue weighted by molar-refractivity contribution is 6.04. The molecule has 0 heterocycles. The van der Waals surface area contributed by atoms with Crippen LogP contribution in [0.1, 0.15) is 23.2 Å². The molecule has 0 aliphatic rings. The van der Waals surface area contributed by atoms with E-state index in [1.54, 1.807) is 12.1 Å². The number of rotatable bonds is 5. The minimum Gasteiger partial charge on any atom is -0.402 e. The number of hydrogen-bond donors (Lipinski definition) is 2. The highest BCUT2D eigenvalue weighted by Gasteiger charge is 2.01. The smallest absolute Gasteiger partial charge is 0.187 e. The molecule has 0 spiro atoms. The summed E-state index contributed by atoms with van der Waals surface area (Å²) in [6.45, 7) is 0.0913.